The molecule has 0 radical (unpaired) electrons. The molecule has 1 amide bonds. The second-order valence-corrected chi connectivity index (χ2v) is 6.22. The zero-order valence-corrected chi connectivity index (χ0v) is 14.4. The summed E-state index contributed by atoms with van der Waals surface area (Å²) in [5.41, 5.74) is 0. The second kappa shape index (κ2) is 8.15. The van der Waals surface area contributed by atoms with Crippen molar-refractivity contribution in [1.29, 1.82) is 0 Å². The fourth-order valence-corrected chi connectivity index (χ4v) is 3.20. The summed E-state index contributed by atoms with van der Waals surface area (Å²) in [6.07, 6.45) is 7.76. The van der Waals surface area contributed by atoms with Gasteiger partial charge in [-0.05, 0) is 25.5 Å². The molecule has 24 heavy (non-hydrogen) atoms. The van der Waals surface area contributed by atoms with E-state index in [1.165, 1.54) is 0 Å². The molecule has 2 aromatic heterocycles. The van der Waals surface area contributed by atoms with Gasteiger partial charge in [-0.25, -0.2) is 4.98 Å². The molecule has 0 unspecified atom stereocenters. The van der Waals surface area contributed by atoms with Gasteiger partial charge in [0.2, 0.25) is 5.91 Å². The molecule has 6 nitrogen and oxygen atoms in total. The largest absolute Gasteiger partial charge is 0.469 e. The molecule has 130 valence electrons. The van der Waals surface area contributed by atoms with Crippen molar-refractivity contribution in [3.63, 3.8) is 0 Å². The molecule has 0 bridgehead atoms. The highest BCUT2D eigenvalue weighted by Crippen LogP contribution is 2.11. The molecule has 1 aliphatic heterocycles. The van der Waals surface area contributed by atoms with E-state index in [1.807, 2.05) is 29.4 Å². The molecule has 3 rings (SSSR count). The molecule has 0 atom stereocenters. The number of amides is 1. The number of aromatic nitrogens is 2. The summed E-state index contributed by atoms with van der Waals surface area (Å²) in [4.78, 5) is 21.3. The molecule has 0 N–H and O–H groups in total. The minimum atomic E-state index is 0.225. The minimum Gasteiger partial charge on any atom is -0.469 e. The number of furan rings is 1. The van der Waals surface area contributed by atoms with E-state index >= 15 is 0 Å². The van der Waals surface area contributed by atoms with Gasteiger partial charge in [0.05, 0.1) is 12.8 Å². The predicted octanol–water partition coefficient (Wildman–Crippen LogP) is 2.16. The van der Waals surface area contributed by atoms with Gasteiger partial charge in [-0.3, -0.25) is 9.69 Å². The smallest absolute Gasteiger partial charge is 0.223 e. The summed E-state index contributed by atoms with van der Waals surface area (Å²) in [5.74, 6) is 2.21. The van der Waals surface area contributed by atoms with Crippen LogP contribution in [0.3, 0.4) is 0 Å². The highest BCUT2D eigenvalue weighted by molar-refractivity contribution is 5.76. The van der Waals surface area contributed by atoms with Crippen molar-refractivity contribution >= 4 is 5.91 Å². The maximum absolute atomic E-state index is 12.4. The van der Waals surface area contributed by atoms with Gasteiger partial charge in [-0.1, -0.05) is 0 Å². The third-order valence-corrected chi connectivity index (χ3v) is 4.61. The Morgan fingerprint density at radius 2 is 2.21 bits per heavy atom. The molecule has 2 aromatic rings. The monoisotopic (exact) mass is 330 g/mol. The van der Waals surface area contributed by atoms with E-state index < -0.39 is 0 Å². The van der Waals surface area contributed by atoms with Crippen LogP contribution in [-0.2, 0) is 24.3 Å². The van der Waals surface area contributed by atoms with Gasteiger partial charge in [0.15, 0.2) is 0 Å². The highest BCUT2D eigenvalue weighted by atomic mass is 16.3. The summed E-state index contributed by atoms with van der Waals surface area (Å²) in [6.45, 7) is 7.49. The summed E-state index contributed by atoms with van der Waals surface area (Å²) < 4.78 is 7.48. The Balaban J connectivity index is 1.48. The number of hydrogen-bond acceptors (Lipinski definition) is 4. The topological polar surface area (TPSA) is 54.5 Å². The first-order chi connectivity index (χ1) is 11.8. The molecule has 1 fully saturated rings. The van der Waals surface area contributed by atoms with Crippen LogP contribution < -0.4 is 0 Å². The molecular formula is C18H26N4O2. The average molecular weight is 330 g/mol. The number of imidazole rings is 1. The van der Waals surface area contributed by atoms with Crippen molar-refractivity contribution in [2.24, 2.45) is 0 Å². The van der Waals surface area contributed by atoms with Crippen molar-refractivity contribution in [3.8, 4) is 0 Å². The van der Waals surface area contributed by atoms with Gasteiger partial charge in [-0.15, -0.1) is 0 Å². The zero-order valence-electron chi connectivity index (χ0n) is 14.4. The van der Waals surface area contributed by atoms with Crippen molar-refractivity contribution in [3.05, 3.63) is 42.4 Å². The van der Waals surface area contributed by atoms with Crippen LogP contribution in [0.1, 0.15) is 31.4 Å². The van der Waals surface area contributed by atoms with E-state index in [0.717, 1.165) is 57.3 Å². The first-order valence-corrected chi connectivity index (χ1v) is 8.78. The SMILES string of the molecule is CCn1ccnc1CN1CCCN(C(=O)CCc2ccco2)CC1. The lowest BCUT2D eigenvalue weighted by molar-refractivity contribution is -0.131. The van der Waals surface area contributed by atoms with Crippen molar-refractivity contribution in [2.45, 2.75) is 39.3 Å². The van der Waals surface area contributed by atoms with E-state index in [1.54, 1.807) is 6.26 Å². The summed E-state index contributed by atoms with van der Waals surface area (Å²) in [7, 11) is 0. The minimum absolute atomic E-state index is 0.225. The second-order valence-electron chi connectivity index (χ2n) is 6.22. The quantitative estimate of drug-likeness (QED) is 0.814. The molecule has 3 heterocycles. The fraction of sp³-hybridized carbons (Fsp3) is 0.556. The third kappa shape index (κ3) is 4.26. The molecule has 0 aliphatic carbocycles. The van der Waals surface area contributed by atoms with Crippen molar-refractivity contribution in [1.82, 2.24) is 19.4 Å². The molecular weight excluding hydrogens is 304 g/mol. The van der Waals surface area contributed by atoms with Crippen LogP contribution in [0.2, 0.25) is 0 Å². The standard InChI is InChI=1S/C18H26N4O2/c1-2-21-11-8-19-17(21)15-20-9-4-10-22(13-12-20)18(23)7-6-16-5-3-14-24-16/h3,5,8,11,14H,2,4,6-7,9-10,12-13,15H2,1H3. The maximum atomic E-state index is 12.4. The van der Waals surface area contributed by atoms with Crippen LogP contribution in [-0.4, -0.2) is 51.4 Å². The maximum Gasteiger partial charge on any atom is 0.223 e. The van der Waals surface area contributed by atoms with Crippen LogP contribution in [0.5, 0.6) is 0 Å². The first-order valence-electron chi connectivity index (χ1n) is 8.78. The summed E-state index contributed by atoms with van der Waals surface area (Å²) in [5, 5.41) is 0. The lowest BCUT2D eigenvalue weighted by atomic mass is 10.2. The summed E-state index contributed by atoms with van der Waals surface area (Å²) in [6, 6.07) is 3.79. The molecule has 0 spiro atoms. The molecule has 1 saturated heterocycles. The number of aryl methyl sites for hydroxylation is 2. The Bertz CT molecular complexity index is 635. The van der Waals surface area contributed by atoms with Gasteiger partial charge in [0, 0.05) is 58.0 Å². The van der Waals surface area contributed by atoms with Crippen LogP contribution in [0.4, 0.5) is 0 Å². The van der Waals surface area contributed by atoms with Crippen molar-refractivity contribution in [2.75, 3.05) is 26.2 Å². The number of hydrogen-bond donors (Lipinski definition) is 0. The Hall–Kier alpha value is -2.08. The van der Waals surface area contributed by atoms with E-state index in [9.17, 15) is 4.79 Å². The van der Waals surface area contributed by atoms with Crippen molar-refractivity contribution < 1.29 is 9.21 Å². The Morgan fingerprint density at radius 3 is 3.00 bits per heavy atom. The van der Waals surface area contributed by atoms with Gasteiger partial charge in [-0.2, -0.15) is 0 Å². The van der Waals surface area contributed by atoms with Crippen LogP contribution in [0, 0.1) is 0 Å². The first kappa shape index (κ1) is 16.8. The van der Waals surface area contributed by atoms with Gasteiger partial charge in [0.1, 0.15) is 11.6 Å². The zero-order chi connectivity index (χ0) is 16.8. The normalized spacial score (nSPS) is 16.3. The van der Waals surface area contributed by atoms with E-state index in [2.05, 4.69) is 21.4 Å². The van der Waals surface area contributed by atoms with E-state index in [0.29, 0.717) is 12.8 Å². The number of rotatable bonds is 6. The van der Waals surface area contributed by atoms with Crippen LogP contribution >= 0.6 is 0 Å². The van der Waals surface area contributed by atoms with E-state index in [4.69, 9.17) is 4.42 Å². The Morgan fingerprint density at radius 1 is 1.29 bits per heavy atom. The van der Waals surface area contributed by atoms with Crippen LogP contribution in [0.15, 0.2) is 35.2 Å². The predicted molar refractivity (Wildman–Crippen MR) is 91.4 cm³/mol. The molecule has 0 saturated carbocycles. The number of nitrogens with zero attached hydrogens (tertiary/aromatic N) is 4. The molecule has 6 heteroatoms. The summed E-state index contributed by atoms with van der Waals surface area (Å²) >= 11 is 0. The van der Waals surface area contributed by atoms with Gasteiger partial charge < -0.3 is 13.9 Å². The molecule has 1 aliphatic rings. The molecule has 0 aromatic carbocycles. The highest BCUT2D eigenvalue weighted by Gasteiger charge is 2.20. The fourth-order valence-electron chi connectivity index (χ4n) is 3.20. The van der Waals surface area contributed by atoms with Gasteiger partial charge in [0.25, 0.3) is 0 Å². The number of carbonyl (C=O) groups excluding carboxylic acids is 1. The lowest BCUT2D eigenvalue weighted by Crippen LogP contribution is -2.35. The number of carbonyl (C=O) groups is 1. The van der Waals surface area contributed by atoms with Gasteiger partial charge >= 0.3 is 0 Å². The lowest BCUT2D eigenvalue weighted by Gasteiger charge is -2.22. The Kier molecular flexibility index (Phi) is 5.69. The average Bonchev–Trinajstić information content (AvgIpc) is 3.21. The third-order valence-electron chi connectivity index (χ3n) is 4.61. The Labute approximate surface area is 143 Å². The van der Waals surface area contributed by atoms with Crippen LogP contribution in [0.25, 0.3) is 0 Å². The van der Waals surface area contributed by atoms with E-state index in [-0.39, 0.29) is 5.91 Å².